The topological polar surface area (TPSA) is 37.9 Å². The molecule has 0 spiro atoms. The van der Waals surface area contributed by atoms with Crippen molar-refractivity contribution in [3.8, 4) is 5.88 Å². The number of nitrogens with one attached hydrogen (secondary N) is 1. The van der Waals surface area contributed by atoms with Gasteiger partial charge in [-0.05, 0) is 6.07 Å². The van der Waals surface area contributed by atoms with Gasteiger partial charge in [0, 0.05) is 11.6 Å². The van der Waals surface area contributed by atoms with Gasteiger partial charge in [0.05, 0.1) is 6.20 Å². The molecular weight excluding hydrogens is 183 g/mol. The van der Waals surface area contributed by atoms with Gasteiger partial charge in [0.25, 0.3) is 0 Å². The zero-order valence-corrected chi connectivity index (χ0v) is 7.40. The van der Waals surface area contributed by atoms with Crippen LogP contribution in [0, 0.1) is 5.82 Å². The molecule has 0 saturated carbocycles. The van der Waals surface area contributed by atoms with Crippen molar-refractivity contribution in [3.63, 3.8) is 0 Å². The van der Waals surface area contributed by atoms with Crippen LogP contribution < -0.4 is 4.74 Å². The molecule has 0 aliphatic rings. The number of halogens is 1. The Morgan fingerprint density at radius 3 is 2.86 bits per heavy atom. The normalized spacial score (nSPS) is 10.1. The highest BCUT2D eigenvalue weighted by molar-refractivity contribution is 5.17. The maximum absolute atomic E-state index is 13.1. The first-order chi connectivity index (χ1) is 6.86. The predicted octanol–water partition coefficient (Wildman–Crippen LogP) is 2.13. The van der Waals surface area contributed by atoms with Gasteiger partial charge in [-0.25, -0.2) is 9.49 Å². The largest absolute Gasteiger partial charge is 0.473 e. The van der Waals surface area contributed by atoms with E-state index in [4.69, 9.17) is 4.74 Å². The van der Waals surface area contributed by atoms with Crippen molar-refractivity contribution in [1.82, 2.24) is 10.2 Å². The predicted molar refractivity (Wildman–Crippen MR) is 49.3 cm³/mol. The van der Waals surface area contributed by atoms with E-state index in [9.17, 15) is 4.39 Å². The first-order valence-electron chi connectivity index (χ1n) is 4.22. The number of aromatic nitrogens is 2. The van der Waals surface area contributed by atoms with E-state index in [1.807, 2.05) is 0 Å². The van der Waals surface area contributed by atoms with E-state index in [0.29, 0.717) is 11.4 Å². The number of nitrogens with zero attached hydrogens (tertiary/aromatic N) is 1. The Hall–Kier alpha value is -1.84. The van der Waals surface area contributed by atoms with Crippen molar-refractivity contribution in [2.24, 2.45) is 0 Å². The first-order valence-corrected chi connectivity index (χ1v) is 4.22. The van der Waals surface area contributed by atoms with E-state index >= 15 is 0 Å². The smallest absolute Gasteiger partial charge is 0.209 e. The fraction of sp³-hybridized carbons (Fsp3) is 0.100. The standard InChI is InChI=1S/C10H9FN2O/c11-9-4-2-1-3-8(9)7-14-10-5-6-12-13-10/h1-6H,7H2,(H,12,13). The molecule has 0 radical (unpaired) electrons. The summed E-state index contributed by atoms with van der Waals surface area (Å²) in [5.41, 5.74) is 0.530. The highest BCUT2D eigenvalue weighted by Crippen LogP contribution is 2.10. The lowest BCUT2D eigenvalue weighted by Gasteiger charge is -2.03. The Kier molecular flexibility index (Phi) is 2.44. The molecule has 4 heteroatoms. The summed E-state index contributed by atoms with van der Waals surface area (Å²) in [6.07, 6.45) is 1.58. The van der Waals surface area contributed by atoms with Gasteiger partial charge in [0.15, 0.2) is 0 Å². The van der Waals surface area contributed by atoms with Crippen molar-refractivity contribution < 1.29 is 9.13 Å². The minimum Gasteiger partial charge on any atom is -0.473 e. The second kappa shape index (κ2) is 3.91. The van der Waals surface area contributed by atoms with E-state index < -0.39 is 0 Å². The molecule has 2 rings (SSSR count). The van der Waals surface area contributed by atoms with Crippen LogP contribution in [-0.2, 0) is 6.61 Å². The van der Waals surface area contributed by atoms with Crippen molar-refractivity contribution in [1.29, 1.82) is 0 Å². The lowest BCUT2D eigenvalue weighted by Crippen LogP contribution is -1.98. The van der Waals surface area contributed by atoms with Gasteiger partial charge in [0.1, 0.15) is 12.4 Å². The average molecular weight is 192 g/mol. The third kappa shape index (κ3) is 1.90. The third-order valence-electron chi connectivity index (χ3n) is 1.82. The van der Waals surface area contributed by atoms with E-state index in [1.54, 1.807) is 30.5 Å². The number of H-pyrrole nitrogens is 1. The van der Waals surface area contributed by atoms with Crippen LogP contribution in [0.3, 0.4) is 0 Å². The molecule has 0 aliphatic heterocycles. The van der Waals surface area contributed by atoms with Crippen LogP contribution in [0.25, 0.3) is 0 Å². The maximum Gasteiger partial charge on any atom is 0.209 e. The summed E-state index contributed by atoms with van der Waals surface area (Å²) in [7, 11) is 0. The minimum absolute atomic E-state index is 0.203. The Morgan fingerprint density at radius 1 is 1.29 bits per heavy atom. The Morgan fingerprint density at radius 2 is 2.14 bits per heavy atom. The summed E-state index contributed by atoms with van der Waals surface area (Å²) < 4.78 is 18.4. The molecule has 1 heterocycles. The summed E-state index contributed by atoms with van der Waals surface area (Å²) in [5.74, 6) is 0.278. The second-order valence-corrected chi connectivity index (χ2v) is 2.80. The fourth-order valence-electron chi connectivity index (χ4n) is 1.09. The van der Waals surface area contributed by atoms with Gasteiger partial charge in [-0.1, -0.05) is 18.2 Å². The van der Waals surface area contributed by atoms with E-state index in [0.717, 1.165) is 0 Å². The molecule has 0 fully saturated rings. The highest BCUT2D eigenvalue weighted by atomic mass is 19.1. The monoisotopic (exact) mass is 192 g/mol. The number of aromatic amines is 1. The van der Waals surface area contributed by atoms with Crippen LogP contribution in [0.4, 0.5) is 4.39 Å². The number of rotatable bonds is 3. The van der Waals surface area contributed by atoms with Gasteiger partial charge in [-0.15, -0.1) is 0 Å². The molecule has 1 aromatic carbocycles. The van der Waals surface area contributed by atoms with Crippen LogP contribution in [-0.4, -0.2) is 10.2 Å². The van der Waals surface area contributed by atoms with E-state index in [1.165, 1.54) is 6.07 Å². The van der Waals surface area contributed by atoms with Gasteiger partial charge in [0.2, 0.25) is 5.88 Å². The second-order valence-electron chi connectivity index (χ2n) is 2.80. The number of hydrogen-bond acceptors (Lipinski definition) is 2. The zero-order chi connectivity index (χ0) is 9.80. The van der Waals surface area contributed by atoms with Crippen molar-refractivity contribution >= 4 is 0 Å². The van der Waals surface area contributed by atoms with Crippen molar-refractivity contribution in [3.05, 3.63) is 47.9 Å². The van der Waals surface area contributed by atoms with Crippen LogP contribution in [0.15, 0.2) is 36.5 Å². The molecule has 1 aromatic heterocycles. The van der Waals surface area contributed by atoms with E-state index in [2.05, 4.69) is 10.2 Å². The van der Waals surface area contributed by atoms with Crippen molar-refractivity contribution in [2.75, 3.05) is 0 Å². The molecule has 3 nitrogen and oxygen atoms in total. The summed E-state index contributed by atoms with van der Waals surface area (Å²) in [6, 6.07) is 8.20. The quantitative estimate of drug-likeness (QED) is 0.808. The molecule has 0 bridgehead atoms. The molecule has 14 heavy (non-hydrogen) atoms. The van der Waals surface area contributed by atoms with Crippen molar-refractivity contribution in [2.45, 2.75) is 6.61 Å². The number of ether oxygens (including phenoxy) is 1. The Labute approximate surface area is 80.5 Å². The molecule has 0 unspecified atom stereocenters. The molecule has 2 aromatic rings. The lowest BCUT2D eigenvalue weighted by molar-refractivity contribution is 0.287. The molecule has 1 N–H and O–H groups in total. The summed E-state index contributed by atoms with van der Waals surface area (Å²) in [5, 5.41) is 6.35. The molecule has 0 aliphatic carbocycles. The third-order valence-corrected chi connectivity index (χ3v) is 1.82. The lowest BCUT2D eigenvalue weighted by atomic mass is 10.2. The Balaban J connectivity index is 2.02. The van der Waals surface area contributed by atoms with Gasteiger partial charge >= 0.3 is 0 Å². The molecule has 0 saturated heterocycles. The first kappa shape index (κ1) is 8.74. The van der Waals surface area contributed by atoms with Crippen LogP contribution in [0.1, 0.15) is 5.56 Å². The Bertz CT molecular complexity index is 400. The van der Waals surface area contributed by atoms with Crippen LogP contribution in [0.5, 0.6) is 5.88 Å². The van der Waals surface area contributed by atoms with Crippen LogP contribution >= 0.6 is 0 Å². The minimum atomic E-state index is -0.257. The summed E-state index contributed by atoms with van der Waals surface area (Å²) in [4.78, 5) is 0. The highest BCUT2D eigenvalue weighted by Gasteiger charge is 2.01. The SMILES string of the molecule is Fc1ccccc1COc1ccn[nH]1. The van der Waals surface area contributed by atoms with Gasteiger partial charge in [-0.3, -0.25) is 0 Å². The molecule has 72 valence electrons. The van der Waals surface area contributed by atoms with Gasteiger partial charge in [-0.2, -0.15) is 5.10 Å². The summed E-state index contributed by atoms with van der Waals surface area (Å²) >= 11 is 0. The summed E-state index contributed by atoms with van der Waals surface area (Å²) in [6.45, 7) is 0.203. The zero-order valence-electron chi connectivity index (χ0n) is 7.40. The number of hydrogen-bond donors (Lipinski definition) is 1. The van der Waals surface area contributed by atoms with E-state index in [-0.39, 0.29) is 12.4 Å². The molecular formula is C10H9FN2O. The number of benzene rings is 1. The maximum atomic E-state index is 13.1. The van der Waals surface area contributed by atoms with Crippen LogP contribution in [0.2, 0.25) is 0 Å². The van der Waals surface area contributed by atoms with Gasteiger partial charge < -0.3 is 4.74 Å². The fourth-order valence-corrected chi connectivity index (χ4v) is 1.09. The molecule has 0 amide bonds. The average Bonchev–Trinajstić information content (AvgIpc) is 2.69. The molecule has 0 atom stereocenters.